The van der Waals surface area contributed by atoms with Crippen LogP contribution >= 0.6 is 0 Å². The van der Waals surface area contributed by atoms with Crippen molar-refractivity contribution in [3.8, 4) is 11.4 Å². The predicted octanol–water partition coefficient (Wildman–Crippen LogP) is 3.56. The maximum atomic E-state index is 12.5. The van der Waals surface area contributed by atoms with Crippen LogP contribution in [0.2, 0.25) is 0 Å². The van der Waals surface area contributed by atoms with E-state index in [0.717, 1.165) is 43.5 Å². The van der Waals surface area contributed by atoms with Crippen LogP contribution in [0.15, 0.2) is 30.5 Å². The quantitative estimate of drug-likeness (QED) is 0.926. The molecule has 132 valence electrons. The van der Waals surface area contributed by atoms with Gasteiger partial charge in [0.1, 0.15) is 5.75 Å². The Hall–Kier alpha value is -2.30. The number of carbonyl (C=O) groups excluding carboxylic acids is 1. The first kappa shape index (κ1) is 16.2. The molecule has 1 atom stereocenters. The van der Waals surface area contributed by atoms with Gasteiger partial charge in [-0.1, -0.05) is 12.8 Å². The molecular formula is C20H25N3O2. The Morgan fingerprint density at radius 3 is 2.64 bits per heavy atom. The van der Waals surface area contributed by atoms with Gasteiger partial charge >= 0.3 is 0 Å². The molecule has 1 amide bonds. The first-order valence-electron chi connectivity index (χ1n) is 9.28. The molecule has 2 aliphatic carbocycles. The molecule has 0 bridgehead atoms. The van der Waals surface area contributed by atoms with E-state index in [1.807, 2.05) is 35.1 Å². The number of nitrogens with one attached hydrogen (secondary N) is 1. The summed E-state index contributed by atoms with van der Waals surface area (Å²) in [7, 11) is 1.67. The van der Waals surface area contributed by atoms with Gasteiger partial charge in [-0.25, -0.2) is 4.68 Å². The van der Waals surface area contributed by atoms with Crippen molar-refractivity contribution < 1.29 is 9.53 Å². The summed E-state index contributed by atoms with van der Waals surface area (Å²) in [5.74, 6) is 1.28. The van der Waals surface area contributed by atoms with Gasteiger partial charge in [0, 0.05) is 17.2 Å². The number of benzene rings is 1. The molecular weight excluding hydrogens is 314 g/mol. The standard InChI is InChI=1S/C20H25N3O2/c1-25-16-11-9-15(10-12-16)23-19-8-4-7-18(17(19)13-21-23)22-20(24)14-5-2-3-6-14/h9-14,18H,2-8H2,1H3,(H,22,24). The van der Waals surface area contributed by atoms with E-state index in [9.17, 15) is 4.79 Å². The van der Waals surface area contributed by atoms with Crippen molar-refractivity contribution in [1.29, 1.82) is 0 Å². The average Bonchev–Trinajstić information content (AvgIpc) is 3.32. The van der Waals surface area contributed by atoms with Gasteiger partial charge in [-0.2, -0.15) is 5.10 Å². The molecule has 25 heavy (non-hydrogen) atoms. The summed E-state index contributed by atoms with van der Waals surface area (Å²) in [5, 5.41) is 7.89. The highest BCUT2D eigenvalue weighted by Crippen LogP contribution is 2.33. The molecule has 1 unspecified atom stereocenters. The average molecular weight is 339 g/mol. The van der Waals surface area contributed by atoms with Crippen LogP contribution in [0.5, 0.6) is 5.75 Å². The van der Waals surface area contributed by atoms with E-state index in [0.29, 0.717) is 0 Å². The Bertz CT molecular complexity index is 745. The van der Waals surface area contributed by atoms with Crippen molar-refractivity contribution in [1.82, 2.24) is 15.1 Å². The van der Waals surface area contributed by atoms with E-state index in [4.69, 9.17) is 4.74 Å². The molecule has 4 rings (SSSR count). The lowest BCUT2D eigenvalue weighted by molar-refractivity contribution is -0.125. The number of amides is 1. The monoisotopic (exact) mass is 339 g/mol. The molecule has 1 saturated carbocycles. The molecule has 0 aliphatic heterocycles. The summed E-state index contributed by atoms with van der Waals surface area (Å²) in [5.41, 5.74) is 3.42. The van der Waals surface area contributed by atoms with Gasteiger partial charge in [0.25, 0.3) is 0 Å². The summed E-state index contributed by atoms with van der Waals surface area (Å²) >= 11 is 0. The fraction of sp³-hybridized carbons (Fsp3) is 0.500. The third-order valence-electron chi connectivity index (χ3n) is 5.54. The molecule has 5 nitrogen and oxygen atoms in total. The summed E-state index contributed by atoms with van der Waals surface area (Å²) in [4.78, 5) is 12.5. The van der Waals surface area contributed by atoms with E-state index < -0.39 is 0 Å². The van der Waals surface area contributed by atoms with Crippen LogP contribution in [0.25, 0.3) is 5.69 Å². The fourth-order valence-corrected chi connectivity index (χ4v) is 4.13. The Morgan fingerprint density at radius 1 is 1.16 bits per heavy atom. The molecule has 1 aromatic heterocycles. The van der Waals surface area contributed by atoms with Crippen molar-refractivity contribution in [2.45, 2.75) is 51.0 Å². The molecule has 1 aromatic carbocycles. The van der Waals surface area contributed by atoms with Gasteiger partial charge in [0.05, 0.1) is 25.0 Å². The summed E-state index contributed by atoms with van der Waals surface area (Å²) in [6.07, 6.45) is 9.44. The van der Waals surface area contributed by atoms with E-state index in [1.54, 1.807) is 7.11 Å². The highest BCUT2D eigenvalue weighted by Gasteiger charge is 2.29. The first-order valence-corrected chi connectivity index (χ1v) is 9.28. The Morgan fingerprint density at radius 2 is 1.92 bits per heavy atom. The van der Waals surface area contributed by atoms with Crippen molar-refractivity contribution in [2.24, 2.45) is 5.92 Å². The molecule has 2 aliphatic rings. The molecule has 5 heteroatoms. The van der Waals surface area contributed by atoms with E-state index in [1.165, 1.54) is 24.1 Å². The SMILES string of the molecule is COc1ccc(-n2ncc3c2CCCC3NC(=O)C2CCCC2)cc1. The molecule has 0 radical (unpaired) electrons. The van der Waals surface area contributed by atoms with Crippen LogP contribution in [0.3, 0.4) is 0 Å². The van der Waals surface area contributed by atoms with Gasteiger partial charge in [-0.15, -0.1) is 0 Å². The lowest BCUT2D eigenvalue weighted by atomic mass is 9.92. The molecule has 1 N–H and O–H groups in total. The van der Waals surface area contributed by atoms with Crippen LogP contribution in [0.4, 0.5) is 0 Å². The third kappa shape index (κ3) is 3.15. The van der Waals surface area contributed by atoms with Crippen LogP contribution in [-0.4, -0.2) is 22.8 Å². The van der Waals surface area contributed by atoms with Crippen molar-refractivity contribution >= 4 is 5.91 Å². The summed E-state index contributed by atoms with van der Waals surface area (Å²) in [6, 6.07) is 8.04. The second-order valence-corrected chi connectivity index (χ2v) is 7.09. The number of carbonyl (C=O) groups is 1. The molecule has 1 heterocycles. The number of ether oxygens (including phenoxy) is 1. The zero-order valence-corrected chi connectivity index (χ0v) is 14.7. The van der Waals surface area contributed by atoms with Crippen molar-refractivity contribution in [2.75, 3.05) is 7.11 Å². The Kier molecular flexibility index (Phi) is 4.47. The molecule has 0 saturated heterocycles. The summed E-state index contributed by atoms with van der Waals surface area (Å²) < 4.78 is 7.23. The van der Waals surface area contributed by atoms with Crippen molar-refractivity contribution in [3.05, 3.63) is 41.7 Å². The number of nitrogens with zero attached hydrogens (tertiary/aromatic N) is 2. The van der Waals surface area contributed by atoms with Crippen LogP contribution in [-0.2, 0) is 11.2 Å². The maximum absolute atomic E-state index is 12.5. The number of hydrogen-bond donors (Lipinski definition) is 1. The largest absolute Gasteiger partial charge is 0.497 e. The smallest absolute Gasteiger partial charge is 0.223 e. The van der Waals surface area contributed by atoms with Gasteiger partial charge in [0.2, 0.25) is 5.91 Å². The predicted molar refractivity (Wildman–Crippen MR) is 95.9 cm³/mol. The van der Waals surface area contributed by atoms with Gasteiger partial charge < -0.3 is 10.1 Å². The minimum atomic E-state index is 0.101. The second kappa shape index (κ2) is 6.90. The zero-order valence-electron chi connectivity index (χ0n) is 14.7. The Labute approximate surface area is 148 Å². The van der Waals surface area contributed by atoms with Crippen molar-refractivity contribution in [3.63, 3.8) is 0 Å². The maximum Gasteiger partial charge on any atom is 0.223 e. The van der Waals surface area contributed by atoms with Gasteiger partial charge in [-0.3, -0.25) is 4.79 Å². The minimum Gasteiger partial charge on any atom is -0.497 e. The normalized spacial score (nSPS) is 20.3. The number of aromatic nitrogens is 2. The summed E-state index contributed by atoms with van der Waals surface area (Å²) in [6.45, 7) is 0. The minimum absolute atomic E-state index is 0.101. The lowest BCUT2D eigenvalue weighted by Crippen LogP contribution is -2.34. The molecule has 1 fully saturated rings. The van der Waals surface area contributed by atoms with Crippen LogP contribution in [0, 0.1) is 5.92 Å². The van der Waals surface area contributed by atoms with Gasteiger partial charge in [-0.05, 0) is 56.4 Å². The fourth-order valence-electron chi connectivity index (χ4n) is 4.13. The lowest BCUT2D eigenvalue weighted by Gasteiger charge is -2.25. The second-order valence-electron chi connectivity index (χ2n) is 7.09. The van der Waals surface area contributed by atoms with E-state index >= 15 is 0 Å². The molecule has 0 spiro atoms. The van der Waals surface area contributed by atoms with Crippen LogP contribution in [0.1, 0.15) is 55.8 Å². The number of methoxy groups -OCH3 is 1. The topological polar surface area (TPSA) is 56.1 Å². The highest BCUT2D eigenvalue weighted by atomic mass is 16.5. The number of rotatable bonds is 4. The third-order valence-corrected chi connectivity index (χ3v) is 5.54. The highest BCUT2D eigenvalue weighted by molar-refractivity contribution is 5.79. The number of hydrogen-bond acceptors (Lipinski definition) is 3. The molecule has 2 aromatic rings. The number of fused-ring (bicyclic) bond motifs is 1. The van der Waals surface area contributed by atoms with Crippen LogP contribution < -0.4 is 10.1 Å². The zero-order chi connectivity index (χ0) is 17.2. The van der Waals surface area contributed by atoms with Gasteiger partial charge in [0.15, 0.2) is 0 Å². The van der Waals surface area contributed by atoms with E-state index in [2.05, 4.69) is 10.4 Å². The first-order chi connectivity index (χ1) is 12.3. The Balaban J connectivity index is 1.56. The van der Waals surface area contributed by atoms with E-state index in [-0.39, 0.29) is 17.9 Å².